The highest BCUT2D eigenvalue weighted by Gasteiger charge is 2.31. The molecule has 7 nitrogen and oxygen atoms in total. The van der Waals surface area contributed by atoms with Gasteiger partial charge >= 0.3 is 0 Å². The Morgan fingerprint density at radius 2 is 2.35 bits per heavy atom. The van der Waals surface area contributed by atoms with E-state index >= 15 is 0 Å². The van der Waals surface area contributed by atoms with Crippen molar-refractivity contribution in [1.29, 1.82) is 0 Å². The Bertz CT molecular complexity index is 726. The molecule has 9 heteroatoms. The van der Waals surface area contributed by atoms with E-state index in [0.29, 0.717) is 15.8 Å². The summed E-state index contributed by atoms with van der Waals surface area (Å²) in [5, 5.41) is 7.36. The second-order valence-electron chi connectivity index (χ2n) is 5.30. The summed E-state index contributed by atoms with van der Waals surface area (Å²) in [7, 11) is 0. The van der Waals surface area contributed by atoms with Crippen molar-refractivity contribution >= 4 is 34.9 Å². The summed E-state index contributed by atoms with van der Waals surface area (Å²) in [6.07, 6.45) is 1.87. The lowest BCUT2D eigenvalue weighted by molar-refractivity contribution is -0.129. The van der Waals surface area contributed by atoms with Crippen LogP contribution in [0.3, 0.4) is 0 Å². The number of nitrogens with two attached hydrogens (primary N) is 1. The molecule has 2 aromatic rings. The highest BCUT2D eigenvalue weighted by molar-refractivity contribution is 7.99. The highest BCUT2D eigenvalue weighted by atomic mass is 32.2. The van der Waals surface area contributed by atoms with Crippen molar-refractivity contribution in [3.63, 3.8) is 0 Å². The maximum atomic E-state index is 12.5. The van der Waals surface area contributed by atoms with Crippen LogP contribution in [0.15, 0.2) is 17.3 Å². The minimum absolute atomic E-state index is 0.0371. The minimum Gasteiger partial charge on any atom is -0.365 e. The third kappa shape index (κ3) is 3.56. The summed E-state index contributed by atoms with van der Waals surface area (Å²) >= 11 is 2.70. The van der Waals surface area contributed by atoms with Crippen LogP contribution in [0.4, 0.5) is 0 Å². The van der Waals surface area contributed by atoms with E-state index in [1.165, 1.54) is 23.1 Å². The van der Waals surface area contributed by atoms with Crippen LogP contribution in [0, 0.1) is 6.92 Å². The Kier molecular flexibility index (Phi) is 4.67. The average Bonchev–Trinajstić information content (AvgIpc) is 3.24. The average molecular weight is 351 g/mol. The van der Waals surface area contributed by atoms with Gasteiger partial charge in [0, 0.05) is 11.4 Å². The quantitative estimate of drug-likeness (QED) is 0.798. The molecule has 1 saturated heterocycles. The number of amides is 2. The predicted octanol–water partition coefficient (Wildman–Crippen LogP) is 1.73. The first-order chi connectivity index (χ1) is 11.0. The van der Waals surface area contributed by atoms with Crippen LogP contribution >= 0.6 is 23.1 Å². The van der Waals surface area contributed by atoms with Crippen LogP contribution in [-0.4, -0.2) is 44.2 Å². The first-order valence-electron chi connectivity index (χ1n) is 7.25. The molecule has 0 spiro atoms. The summed E-state index contributed by atoms with van der Waals surface area (Å²) in [5.74, 6) is 0.681. The number of aryl methyl sites for hydroxylation is 1. The molecule has 1 aliphatic heterocycles. The lowest BCUT2D eigenvalue weighted by Gasteiger charge is -2.23. The lowest BCUT2D eigenvalue weighted by atomic mass is 10.2. The summed E-state index contributed by atoms with van der Waals surface area (Å²) in [5.41, 5.74) is 5.31. The number of aromatic nitrogens is 3. The number of primary amides is 1. The number of carbonyl (C=O) groups is 2. The molecule has 3 heterocycles. The number of thiophene rings is 1. The zero-order valence-electron chi connectivity index (χ0n) is 12.6. The van der Waals surface area contributed by atoms with Gasteiger partial charge in [-0.05, 0) is 31.9 Å². The van der Waals surface area contributed by atoms with Crippen LogP contribution in [0.5, 0.6) is 0 Å². The second-order valence-corrected chi connectivity index (χ2v) is 7.36. The van der Waals surface area contributed by atoms with Gasteiger partial charge in [0.1, 0.15) is 5.82 Å². The van der Waals surface area contributed by atoms with Crippen molar-refractivity contribution < 1.29 is 9.59 Å². The van der Waals surface area contributed by atoms with Gasteiger partial charge in [-0.3, -0.25) is 14.7 Å². The smallest absolute Gasteiger partial charge is 0.258 e. The van der Waals surface area contributed by atoms with Gasteiger partial charge in [0.15, 0.2) is 0 Å². The zero-order valence-corrected chi connectivity index (χ0v) is 14.2. The number of likely N-dealkylation sites (tertiary alicyclic amines) is 1. The van der Waals surface area contributed by atoms with E-state index < -0.39 is 5.91 Å². The van der Waals surface area contributed by atoms with Crippen LogP contribution in [0.2, 0.25) is 0 Å². The number of aromatic amines is 1. The molecule has 0 saturated carbocycles. The van der Waals surface area contributed by atoms with Crippen molar-refractivity contribution in [2.45, 2.75) is 31.0 Å². The Morgan fingerprint density at radius 3 is 3.00 bits per heavy atom. The van der Waals surface area contributed by atoms with Crippen molar-refractivity contribution in [1.82, 2.24) is 20.1 Å². The lowest BCUT2D eigenvalue weighted by Crippen LogP contribution is -2.31. The summed E-state index contributed by atoms with van der Waals surface area (Å²) < 4.78 is 0. The van der Waals surface area contributed by atoms with Crippen molar-refractivity contribution in [2.75, 3.05) is 12.3 Å². The van der Waals surface area contributed by atoms with Crippen LogP contribution in [0.1, 0.15) is 39.3 Å². The molecule has 3 N–H and O–H groups in total. The van der Waals surface area contributed by atoms with Gasteiger partial charge in [0.05, 0.1) is 16.7 Å². The van der Waals surface area contributed by atoms with E-state index in [2.05, 4.69) is 15.2 Å². The Balaban J connectivity index is 1.65. The summed E-state index contributed by atoms with van der Waals surface area (Å²) in [6.45, 7) is 2.56. The molecular weight excluding hydrogens is 334 g/mol. The monoisotopic (exact) mass is 351 g/mol. The topological polar surface area (TPSA) is 105 Å². The first kappa shape index (κ1) is 16.0. The molecule has 1 atom stereocenters. The normalized spacial score (nSPS) is 17.6. The fraction of sp³-hybridized carbons (Fsp3) is 0.429. The van der Waals surface area contributed by atoms with Gasteiger partial charge in [0.2, 0.25) is 11.1 Å². The summed E-state index contributed by atoms with van der Waals surface area (Å²) in [6, 6.07) is 3.66. The van der Waals surface area contributed by atoms with Gasteiger partial charge in [-0.15, -0.1) is 16.4 Å². The van der Waals surface area contributed by atoms with Gasteiger partial charge in [0.25, 0.3) is 5.91 Å². The predicted molar refractivity (Wildman–Crippen MR) is 88.4 cm³/mol. The number of rotatable bonds is 5. The largest absolute Gasteiger partial charge is 0.365 e. The third-order valence-corrected chi connectivity index (χ3v) is 5.71. The maximum Gasteiger partial charge on any atom is 0.258 e. The standard InChI is InChI=1S/C14H17N5O2S2/c1-8-16-14(18-17-8)22-7-12(20)19-6-2-3-9(19)10-4-5-11(23-10)13(15)21/h4-5,9H,2-3,6-7H2,1H3,(H2,15,21)(H,16,17,18). The third-order valence-electron chi connectivity index (χ3n) is 3.67. The molecule has 2 amide bonds. The molecule has 1 aliphatic rings. The molecule has 0 radical (unpaired) electrons. The summed E-state index contributed by atoms with van der Waals surface area (Å²) in [4.78, 5) is 31.4. The molecular formula is C14H17N5O2S2. The molecule has 2 aromatic heterocycles. The zero-order chi connectivity index (χ0) is 16.4. The van der Waals surface area contributed by atoms with E-state index in [-0.39, 0.29) is 11.9 Å². The van der Waals surface area contributed by atoms with E-state index in [4.69, 9.17) is 5.73 Å². The Hall–Kier alpha value is -1.87. The SMILES string of the molecule is Cc1nc(SCC(=O)N2CCCC2c2ccc(C(N)=O)s2)n[nH]1. The number of H-pyrrole nitrogens is 1. The molecule has 0 aliphatic carbocycles. The first-order valence-corrected chi connectivity index (χ1v) is 9.05. The number of hydrogen-bond acceptors (Lipinski definition) is 6. The van der Waals surface area contributed by atoms with Gasteiger partial charge in [-0.1, -0.05) is 11.8 Å². The van der Waals surface area contributed by atoms with E-state index in [1.54, 1.807) is 6.07 Å². The minimum atomic E-state index is -0.423. The van der Waals surface area contributed by atoms with Gasteiger partial charge in [-0.2, -0.15) is 0 Å². The van der Waals surface area contributed by atoms with E-state index in [1.807, 2.05) is 17.9 Å². The second kappa shape index (κ2) is 6.71. The maximum absolute atomic E-state index is 12.5. The van der Waals surface area contributed by atoms with Crippen molar-refractivity contribution in [3.05, 3.63) is 27.7 Å². The van der Waals surface area contributed by atoms with Gasteiger partial charge in [-0.25, -0.2) is 4.98 Å². The van der Waals surface area contributed by atoms with Crippen LogP contribution in [-0.2, 0) is 4.79 Å². The molecule has 23 heavy (non-hydrogen) atoms. The van der Waals surface area contributed by atoms with E-state index in [9.17, 15) is 9.59 Å². The number of thioether (sulfide) groups is 1. The molecule has 1 fully saturated rings. The highest BCUT2D eigenvalue weighted by Crippen LogP contribution is 2.36. The van der Waals surface area contributed by atoms with Crippen molar-refractivity contribution in [3.8, 4) is 0 Å². The number of hydrogen-bond donors (Lipinski definition) is 2. The molecule has 0 bridgehead atoms. The number of nitrogens with zero attached hydrogens (tertiary/aromatic N) is 3. The molecule has 3 rings (SSSR count). The Labute approximate surface area is 141 Å². The molecule has 122 valence electrons. The molecule has 1 unspecified atom stereocenters. The van der Waals surface area contributed by atoms with Gasteiger partial charge < -0.3 is 10.6 Å². The van der Waals surface area contributed by atoms with Crippen LogP contribution < -0.4 is 5.73 Å². The van der Waals surface area contributed by atoms with Crippen LogP contribution in [0.25, 0.3) is 0 Å². The Morgan fingerprint density at radius 1 is 1.52 bits per heavy atom. The van der Waals surface area contributed by atoms with Crippen molar-refractivity contribution in [2.24, 2.45) is 5.73 Å². The number of carbonyl (C=O) groups excluding carboxylic acids is 2. The fourth-order valence-electron chi connectivity index (χ4n) is 2.62. The van der Waals surface area contributed by atoms with E-state index in [0.717, 1.165) is 30.1 Å². The fourth-order valence-corrected chi connectivity index (χ4v) is 4.36. The molecule has 0 aromatic carbocycles. The number of nitrogens with one attached hydrogen (secondary N) is 1.